The molecule has 6 nitrogen and oxygen atoms in total. The molecule has 2 atom stereocenters. The lowest BCUT2D eigenvalue weighted by molar-refractivity contribution is -0.125. The fourth-order valence-corrected chi connectivity index (χ4v) is 7.41. The molecule has 1 aromatic rings. The first-order chi connectivity index (χ1) is 13.9. The normalized spacial score (nSPS) is 36.2. The first kappa shape index (κ1) is 19.4. The van der Waals surface area contributed by atoms with Crippen LogP contribution in [0.4, 0.5) is 0 Å². The number of nitrogens with zero attached hydrogens (tertiary/aromatic N) is 2. The second-order valence-corrected chi connectivity index (χ2v) is 10.4. The number of halogens is 1. The maximum Gasteiger partial charge on any atom is 0.256 e. The van der Waals surface area contributed by atoms with Crippen molar-refractivity contribution in [2.75, 3.05) is 0 Å². The maximum absolute atomic E-state index is 13.1. The van der Waals surface area contributed by atoms with Crippen molar-refractivity contribution < 1.29 is 9.59 Å². The zero-order valence-corrected chi connectivity index (χ0v) is 17.9. The highest BCUT2D eigenvalue weighted by atomic mass is 35.5. The smallest absolute Gasteiger partial charge is 0.256 e. The molecule has 1 aromatic heterocycles. The number of carbonyl (C=O) groups is 2. The Bertz CT molecular complexity index is 800. The summed E-state index contributed by atoms with van der Waals surface area (Å²) in [5.74, 6) is 1.51. The monoisotopic (exact) mass is 418 g/mol. The van der Waals surface area contributed by atoms with Crippen molar-refractivity contribution in [3.05, 3.63) is 16.9 Å². The van der Waals surface area contributed by atoms with Gasteiger partial charge in [-0.25, -0.2) is 0 Å². The molecule has 2 N–H and O–H groups in total. The third kappa shape index (κ3) is 3.47. The van der Waals surface area contributed by atoms with E-state index in [4.69, 9.17) is 11.6 Å². The summed E-state index contributed by atoms with van der Waals surface area (Å²) in [6.07, 6.45) is 12.8. The number of amides is 2. The highest BCUT2D eigenvalue weighted by molar-refractivity contribution is 6.32. The summed E-state index contributed by atoms with van der Waals surface area (Å²) >= 11 is 6.59. The summed E-state index contributed by atoms with van der Waals surface area (Å²) in [6.45, 7) is 1.61. The minimum absolute atomic E-state index is 0.0485. The largest absolute Gasteiger partial charge is 0.351 e. The Hall–Kier alpha value is -1.56. The lowest BCUT2D eigenvalue weighted by atomic mass is 9.51. The van der Waals surface area contributed by atoms with E-state index < -0.39 is 0 Å². The van der Waals surface area contributed by atoms with Gasteiger partial charge in [-0.2, -0.15) is 5.10 Å². The third-order valence-electron chi connectivity index (χ3n) is 7.91. The molecule has 0 radical (unpaired) electrons. The van der Waals surface area contributed by atoms with E-state index in [1.807, 2.05) is 4.68 Å². The quantitative estimate of drug-likeness (QED) is 0.779. The first-order valence-electron chi connectivity index (χ1n) is 11.3. The molecule has 5 saturated carbocycles. The van der Waals surface area contributed by atoms with E-state index in [0.29, 0.717) is 34.5 Å². The van der Waals surface area contributed by atoms with Crippen LogP contribution in [0.1, 0.15) is 87.5 Å². The van der Waals surface area contributed by atoms with Crippen LogP contribution in [0.2, 0.25) is 5.15 Å². The average Bonchev–Trinajstić information content (AvgIpc) is 3.05. The Balaban J connectivity index is 1.30. The number of nitrogens with one attached hydrogen (secondary N) is 2. The highest BCUT2D eigenvalue weighted by Crippen LogP contribution is 2.55. The lowest BCUT2D eigenvalue weighted by Gasteiger charge is -2.60. The van der Waals surface area contributed by atoms with E-state index in [1.165, 1.54) is 19.3 Å². The summed E-state index contributed by atoms with van der Waals surface area (Å²) in [5.41, 5.74) is 0.454. The van der Waals surface area contributed by atoms with E-state index in [9.17, 15) is 9.59 Å². The van der Waals surface area contributed by atoms with Gasteiger partial charge < -0.3 is 10.6 Å². The van der Waals surface area contributed by atoms with Crippen molar-refractivity contribution in [3.63, 3.8) is 0 Å². The lowest BCUT2D eigenvalue weighted by Crippen LogP contribution is -2.66. The summed E-state index contributed by atoms with van der Waals surface area (Å²) in [5, 5.41) is 11.5. The molecular formula is C22H31ClN4O2. The van der Waals surface area contributed by atoms with Crippen LogP contribution < -0.4 is 10.6 Å². The maximum atomic E-state index is 13.1. The molecule has 0 unspecified atom stereocenters. The van der Waals surface area contributed by atoms with Crippen LogP contribution in [0.15, 0.2) is 6.20 Å². The Morgan fingerprint density at radius 1 is 1.14 bits per heavy atom. The molecule has 2 amide bonds. The molecule has 0 aromatic carbocycles. The van der Waals surface area contributed by atoms with E-state index in [0.717, 1.165) is 44.9 Å². The fourth-order valence-electron chi connectivity index (χ4n) is 7.10. The van der Waals surface area contributed by atoms with Crippen molar-refractivity contribution in [2.45, 2.75) is 88.8 Å². The van der Waals surface area contributed by atoms with Gasteiger partial charge in [0.1, 0.15) is 5.15 Å². The molecule has 4 bridgehead atoms. The van der Waals surface area contributed by atoms with Gasteiger partial charge in [0.15, 0.2) is 0 Å². The van der Waals surface area contributed by atoms with Crippen molar-refractivity contribution in [3.8, 4) is 0 Å². The van der Waals surface area contributed by atoms with Gasteiger partial charge in [-0.1, -0.05) is 30.9 Å². The summed E-state index contributed by atoms with van der Waals surface area (Å²) in [4.78, 5) is 24.8. The van der Waals surface area contributed by atoms with Crippen molar-refractivity contribution in [1.29, 1.82) is 0 Å². The van der Waals surface area contributed by atoms with Crippen molar-refractivity contribution in [1.82, 2.24) is 20.4 Å². The van der Waals surface area contributed by atoms with E-state index >= 15 is 0 Å². The predicted molar refractivity (Wildman–Crippen MR) is 111 cm³/mol. The second-order valence-electron chi connectivity index (χ2n) is 10.0. The van der Waals surface area contributed by atoms with Gasteiger partial charge in [0.05, 0.1) is 17.8 Å². The van der Waals surface area contributed by atoms with Crippen LogP contribution >= 0.6 is 11.6 Å². The molecule has 5 aliphatic carbocycles. The van der Waals surface area contributed by atoms with Crippen LogP contribution in [0, 0.1) is 17.8 Å². The van der Waals surface area contributed by atoms with E-state index in [-0.39, 0.29) is 23.4 Å². The molecule has 0 aliphatic heterocycles. The molecule has 0 spiro atoms. The van der Waals surface area contributed by atoms with Gasteiger partial charge in [-0.15, -0.1) is 0 Å². The number of rotatable bonds is 4. The number of carbonyl (C=O) groups excluding carboxylic acids is 2. The fraction of sp³-hybridized carbons (Fsp3) is 0.773. The first-order valence-corrected chi connectivity index (χ1v) is 11.6. The molecule has 6 rings (SSSR count). The number of hydrogen-bond acceptors (Lipinski definition) is 3. The van der Waals surface area contributed by atoms with Crippen LogP contribution in [0.3, 0.4) is 0 Å². The third-order valence-corrected chi connectivity index (χ3v) is 8.29. The van der Waals surface area contributed by atoms with Crippen molar-refractivity contribution >= 4 is 23.4 Å². The van der Waals surface area contributed by atoms with Gasteiger partial charge >= 0.3 is 0 Å². The van der Waals surface area contributed by atoms with Crippen LogP contribution in [0.25, 0.3) is 0 Å². The van der Waals surface area contributed by atoms with Crippen LogP contribution in [0.5, 0.6) is 0 Å². The molecular weight excluding hydrogens is 388 g/mol. The minimum Gasteiger partial charge on any atom is -0.351 e. The zero-order chi connectivity index (χ0) is 20.2. The Kier molecular flexibility index (Phi) is 4.88. The molecule has 158 valence electrons. The van der Waals surface area contributed by atoms with Crippen LogP contribution in [-0.2, 0) is 4.79 Å². The number of hydrogen-bond donors (Lipinski definition) is 2. The summed E-state index contributed by atoms with van der Waals surface area (Å²) < 4.78 is 1.86. The van der Waals surface area contributed by atoms with Gasteiger partial charge in [-0.3, -0.25) is 14.3 Å². The van der Waals surface area contributed by atoms with Crippen LogP contribution in [-0.4, -0.2) is 33.2 Å². The average molecular weight is 419 g/mol. The molecule has 29 heavy (non-hydrogen) atoms. The second kappa shape index (κ2) is 7.29. The SMILES string of the molecule is CC(=O)NC12CC3C[C@@H](C1)C(NC(=O)c1cnn(C4CCCCC4)c1Cl)[C@@H](C3)C2. The zero-order valence-electron chi connectivity index (χ0n) is 17.1. The van der Waals surface area contributed by atoms with Gasteiger partial charge in [-0.05, 0) is 62.7 Å². The number of aromatic nitrogens is 2. The Labute approximate surface area is 177 Å². The van der Waals surface area contributed by atoms with E-state index in [2.05, 4.69) is 15.7 Å². The van der Waals surface area contributed by atoms with Gasteiger partial charge in [0.25, 0.3) is 5.91 Å². The molecule has 5 fully saturated rings. The predicted octanol–water partition coefficient (Wildman–Crippen LogP) is 3.85. The standard InChI is InChI=1S/C22H31ClN4O2/c1-13(28)26-22-9-14-7-15(10-22)19(16(8-14)11-22)25-21(29)18-12-24-27(20(18)23)17-5-3-2-4-6-17/h12,14-17,19H,2-11H2,1H3,(H,25,29)(H,26,28)/t14?,15-,16-,19?,22?/m0/s1. The van der Waals surface area contributed by atoms with Gasteiger partial charge in [0.2, 0.25) is 5.91 Å². The molecule has 7 heteroatoms. The Morgan fingerprint density at radius 3 is 2.48 bits per heavy atom. The van der Waals surface area contributed by atoms with Gasteiger partial charge in [0, 0.05) is 18.5 Å². The summed E-state index contributed by atoms with van der Waals surface area (Å²) in [7, 11) is 0. The molecule has 1 heterocycles. The topological polar surface area (TPSA) is 76.0 Å². The van der Waals surface area contributed by atoms with E-state index in [1.54, 1.807) is 13.1 Å². The highest BCUT2D eigenvalue weighted by Gasteiger charge is 2.56. The summed E-state index contributed by atoms with van der Waals surface area (Å²) in [6, 6.07) is 0.492. The molecule has 0 saturated heterocycles. The van der Waals surface area contributed by atoms with Crippen molar-refractivity contribution in [2.24, 2.45) is 17.8 Å². The minimum atomic E-state index is -0.0943. The molecule has 5 aliphatic rings. The Morgan fingerprint density at radius 2 is 1.83 bits per heavy atom.